The Bertz CT molecular complexity index is 722. The maximum atomic E-state index is 13.0. The van der Waals surface area contributed by atoms with Crippen LogP contribution in [0.2, 0.25) is 0 Å². The second-order valence-corrected chi connectivity index (χ2v) is 6.95. The molecule has 1 aliphatic heterocycles. The number of rotatable bonds is 5. The number of hydrogen-bond donors (Lipinski definition) is 1. The first-order chi connectivity index (χ1) is 12.6. The molecule has 1 aliphatic rings. The average Bonchev–Trinajstić information content (AvgIpc) is 2.68. The van der Waals surface area contributed by atoms with Crippen molar-refractivity contribution in [3.05, 3.63) is 71.8 Å². The van der Waals surface area contributed by atoms with Crippen molar-refractivity contribution >= 4 is 11.8 Å². The molecule has 3 rings (SSSR count). The van der Waals surface area contributed by atoms with Crippen LogP contribution in [-0.2, 0) is 16.0 Å². The summed E-state index contributed by atoms with van der Waals surface area (Å²) < 4.78 is 0. The highest BCUT2D eigenvalue weighted by Crippen LogP contribution is 2.28. The van der Waals surface area contributed by atoms with Crippen LogP contribution in [0.1, 0.15) is 36.8 Å². The normalized spacial score (nSPS) is 16.1. The van der Waals surface area contributed by atoms with E-state index in [0.29, 0.717) is 12.3 Å². The Balaban J connectivity index is 1.63. The third kappa shape index (κ3) is 4.72. The molecule has 136 valence electrons. The molecular weight excluding hydrogens is 324 g/mol. The average molecular weight is 350 g/mol. The molecule has 26 heavy (non-hydrogen) atoms. The molecular formula is C22H26N2O2. The van der Waals surface area contributed by atoms with Crippen LogP contribution in [0.4, 0.5) is 0 Å². The highest BCUT2D eigenvalue weighted by Gasteiger charge is 2.29. The lowest BCUT2D eigenvalue weighted by Crippen LogP contribution is -2.51. The minimum absolute atomic E-state index is 0.0237. The van der Waals surface area contributed by atoms with E-state index >= 15 is 0 Å². The number of carbonyl (C=O) groups excluding carboxylic acids is 2. The van der Waals surface area contributed by atoms with E-state index < -0.39 is 6.04 Å². The summed E-state index contributed by atoms with van der Waals surface area (Å²) in [7, 11) is 0. The van der Waals surface area contributed by atoms with Crippen molar-refractivity contribution in [3.63, 3.8) is 0 Å². The summed E-state index contributed by atoms with van der Waals surface area (Å²) in [4.78, 5) is 26.5. The summed E-state index contributed by atoms with van der Waals surface area (Å²) in [6.45, 7) is 2.94. The van der Waals surface area contributed by atoms with Crippen LogP contribution in [-0.4, -0.2) is 35.8 Å². The minimum atomic E-state index is -0.497. The second-order valence-electron chi connectivity index (χ2n) is 6.95. The molecule has 0 spiro atoms. The monoisotopic (exact) mass is 350 g/mol. The van der Waals surface area contributed by atoms with Gasteiger partial charge in [0.1, 0.15) is 6.04 Å². The fourth-order valence-corrected chi connectivity index (χ4v) is 3.67. The topological polar surface area (TPSA) is 49.4 Å². The van der Waals surface area contributed by atoms with Gasteiger partial charge in [-0.15, -0.1) is 0 Å². The van der Waals surface area contributed by atoms with Crippen LogP contribution in [0.15, 0.2) is 60.7 Å². The van der Waals surface area contributed by atoms with Crippen molar-refractivity contribution in [2.45, 2.75) is 38.1 Å². The zero-order valence-corrected chi connectivity index (χ0v) is 15.2. The fourth-order valence-electron chi connectivity index (χ4n) is 3.67. The number of piperidine rings is 1. The highest BCUT2D eigenvalue weighted by molar-refractivity contribution is 5.87. The molecule has 0 radical (unpaired) electrons. The van der Waals surface area contributed by atoms with E-state index in [9.17, 15) is 9.59 Å². The van der Waals surface area contributed by atoms with Crippen LogP contribution in [0, 0.1) is 0 Å². The third-order valence-corrected chi connectivity index (χ3v) is 5.04. The van der Waals surface area contributed by atoms with Gasteiger partial charge in [0, 0.05) is 26.4 Å². The summed E-state index contributed by atoms with van der Waals surface area (Å²) in [6, 6.07) is 19.8. The van der Waals surface area contributed by atoms with Crippen molar-refractivity contribution < 1.29 is 9.59 Å². The lowest BCUT2D eigenvalue weighted by Gasteiger charge is -2.34. The van der Waals surface area contributed by atoms with Gasteiger partial charge in [0.15, 0.2) is 0 Å². The number of likely N-dealkylation sites (tertiary alicyclic amines) is 1. The Morgan fingerprint density at radius 2 is 1.58 bits per heavy atom. The van der Waals surface area contributed by atoms with Gasteiger partial charge in [-0.3, -0.25) is 9.59 Å². The first kappa shape index (κ1) is 18.2. The van der Waals surface area contributed by atoms with Gasteiger partial charge in [0.05, 0.1) is 0 Å². The van der Waals surface area contributed by atoms with Gasteiger partial charge in [0.2, 0.25) is 11.8 Å². The molecule has 1 N–H and O–H groups in total. The van der Waals surface area contributed by atoms with Crippen LogP contribution in [0.3, 0.4) is 0 Å². The molecule has 2 amide bonds. The van der Waals surface area contributed by atoms with Crippen LogP contribution in [0.25, 0.3) is 0 Å². The fraction of sp³-hybridized carbons (Fsp3) is 0.364. The summed E-state index contributed by atoms with van der Waals surface area (Å²) >= 11 is 0. The number of amides is 2. The minimum Gasteiger partial charge on any atom is -0.344 e. The predicted octanol–water partition coefficient (Wildman–Crippen LogP) is 3.14. The molecule has 2 aromatic carbocycles. The van der Waals surface area contributed by atoms with Crippen molar-refractivity contribution in [3.8, 4) is 0 Å². The smallest absolute Gasteiger partial charge is 0.245 e. The molecule has 0 aromatic heterocycles. The Hall–Kier alpha value is -2.62. The molecule has 1 atom stereocenters. The number of hydrogen-bond acceptors (Lipinski definition) is 2. The van der Waals surface area contributed by atoms with E-state index in [1.165, 1.54) is 12.5 Å². The lowest BCUT2D eigenvalue weighted by molar-refractivity contribution is -0.137. The molecule has 1 heterocycles. The zero-order chi connectivity index (χ0) is 18.4. The zero-order valence-electron chi connectivity index (χ0n) is 15.2. The molecule has 4 nitrogen and oxygen atoms in total. The molecule has 0 bridgehead atoms. The number of nitrogens with zero attached hydrogens (tertiary/aromatic N) is 1. The first-order valence-electron chi connectivity index (χ1n) is 9.28. The van der Waals surface area contributed by atoms with E-state index in [4.69, 9.17) is 0 Å². The van der Waals surface area contributed by atoms with Crippen LogP contribution < -0.4 is 5.32 Å². The summed E-state index contributed by atoms with van der Waals surface area (Å²) in [6.07, 6.45) is 2.46. The Labute approximate surface area is 155 Å². The Morgan fingerprint density at radius 3 is 2.15 bits per heavy atom. The quantitative estimate of drug-likeness (QED) is 0.901. The Morgan fingerprint density at radius 1 is 1.00 bits per heavy atom. The van der Waals surface area contributed by atoms with E-state index in [1.807, 2.05) is 41.3 Å². The first-order valence-corrected chi connectivity index (χ1v) is 9.28. The Kier molecular flexibility index (Phi) is 6.05. The van der Waals surface area contributed by atoms with Crippen molar-refractivity contribution in [2.24, 2.45) is 0 Å². The second kappa shape index (κ2) is 8.65. The van der Waals surface area contributed by atoms with Gasteiger partial charge < -0.3 is 10.2 Å². The van der Waals surface area contributed by atoms with E-state index in [-0.39, 0.29) is 11.8 Å². The standard InChI is InChI=1S/C22H26N2O2/c1-17(25)23-21(16-18-8-4-2-5-9-18)22(26)24-14-12-20(13-15-24)19-10-6-3-7-11-19/h2-11,20-21H,12-16H2,1H3,(H,23,25). The van der Waals surface area contributed by atoms with Gasteiger partial charge >= 0.3 is 0 Å². The molecule has 0 aliphatic carbocycles. The van der Waals surface area contributed by atoms with Gasteiger partial charge in [-0.1, -0.05) is 60.7 Å². The predicted molar refractivity (Wildman–Crippen MR) is 103 cm³/mol. The van der Waals surface area contributed by atoms with Crippen LogP contribution in [0.5, 0.6) is 0 Å². The van der Waals surface area contributed by atoms with E-state index in [1.54, 1.807) is 0 Å². The van der Waals surface area contributed by atoms with Gasteiger partial charge in [-0.25, -0.2) is 0 Å². The SMILES string of the molecule is CC(=O)NC(Cc1ccccc1)C(=O)N1CCC(c2ccccc2)CC1. The summed E-state index contributed by atoms with van der Waals surface area (Å²) in [5, 5.41) is 2.84. The summed E-state index contributed by atoms with van der Waals surface area (Å²) in [5.41, 5.74) is 2.40. The number of benzene rings is 2. The molecule has 0 saturated carbocycles. The largest absolute Gasteiger partial charge is 0.344 e. The van der Waals surface area contributed by atoms with Gasteiger partial charge in [-0.2, -0.15) is 0 Å². The number of carbonyl (C=O) groups is 2. The van der Waals surface area contributed by atoms with E-state index in [0.717, 1.165) is 31.5 Å². The van der Waals surface area contributed by atoms with E-state index in [2.05, 4.69) is 29.6 Å². The third-order valence-electron chi connectivity index (χ3n) is 5.04. The molecule has 1 fully saturated rings. The molecule has 1 saturated heterocycles. The maximum Gasteiger partial charge on any atom is 0.245 e. The summed E-state index contributed by atoms with van der Waals surface area (Å²) in [5.74, 6) is 0.364. The number of nitrogens with one attached hydrogen (secondary N) is 1. The van der Waals surface area contributed by atoms with Crippen LogP contribution >= 0.6 is 0 Å². The van der Waals surface area contributed by atoms with Crippen molar-refractivity contribution in [1.29, 1.82) is 0 Å². The molecule has 1 unspecified atom stereocenters. The van der Waals surface area contributed by atoms with Gasteiger partial charge in [0.25, 0.3) is 0 Å². The van der Waals surface area contributed by atoms with Gasteiger partial charge in [-0.05, 0) is 29.9 Å². The molecule has 2 aromatic rings. The highest BCUT2D eigenvalue weighted by atomic mass is 16.2. The maximum absolute atomic E-state index is 13.0. The molecule has 4 heteroatoms. The lowest BCUT2D eigenvalue weighted by atomic mass is 9.89. The van der Waals surface area contributed by atoms with Crippen molar-refractivity contribution in [1.82, 2.24) is 10.2 Å². The van der Waals surface area contributed by atoms with Crippen molar-refractivity contribution in [2.75, 3.05) is 13.1 Å².